The quantitative estimate of drug-likeness (QED) is 0.709. The number of aryl methyl sites for hydroxylation is 1. The molecule has 0 amide bonds. The molecular weight excluding hydrogens is 238 g/mol. The third-order valence-electron chi connectivity index (χ3n) is 3.40. The van der Waals surface area contributed by atoms with Gasteiger partial charge in [-0.15, -0.1) is 0 Å². The highest BCUT2D eigenvalue weighted by molar-refractivity contribution is 5.88. The standard InChI is InChI=1S/C16H13NO2/c1-17-14-5-3-2-4-11(14)9-15(17)12-6-7-16(19)13(8-12)10-18/h2-10,19H,1H3. The van der Waals surface area contributed by atoms with Gasteiger partial charge in [0.15, 0.2) is 6.29 Å². The Morgan fingerprint density at radius 1 is 1.11 bits per heavy atom. The summed E-state index contributed by atoms with van der Waals surface area (Å²) < 4.78 is 2.08. The molecule has 1 N–H and O–H groups in total. The highest BCUT2D eigenvalue weighted by Crippen LogP contribution is 2.29. The van der Waals surface area contributed by atoms with Crippen LogP contribution in [0.1, 0.15) is 10.4 Å². The van der Waals surface area contributed by atoms with Crippen LogP contribution in [-0.2, 0) is 7.05 Å². The number of hydrogen-bond donors (Lipinski definition) is 1. The fourth-order valence-corrected chi connectivity index (χ4v) is 2.37. The van der Waals surface area contributed by atoms with E-state index in [4.69, 9.17) is 0 Å². The maximum atomic E-state index is 10.9. The lowest BCUT2D eigenvalue weighted by Gasteiger charge is -2.06. The van der Waals surface area contributed by atoms with Crippen LogP contribution in [0.15, 0.2) is 48.5 Å². The second kappa shape index (κ2) is 4.28. The molecule has 0 aliphatic rings. The Hall–Kier alpha value is -2.55. The van der Waals surface area contributed by atoms with Crippen LogP contribution < -0.4 is 0 Å². The maximum Gasteiger partial charge on any atom is 0.153 e. The Labute approximate surface area is 110 Å². The highest BCUT2D eigenvalue weighted by atomic mass is 16.3. The van der Waals surface area contributed by atoms with Crippen LogP contribution in [0, 0.1) is 0 Å². The summed E-state index contributed by atoms with van der Waals surface area (Å²) in [5.41, 5.74) is 3.38. The van der Waals surface area contributed by atoms with E-state index >= 15 is 0 Å². The number of rotatable bonds is 2. The molecule has 0 aliphatic carbocycles. The first kappa shape index (κ1) is 11.5. The van der Waals surface area contributed by atoms with Gasteiger partial charge >= 0.3 is 0 Å². The number of carbonyl (C=O) groups excluding carboxylic acids is 1. The summed E-state index contributed by atoms with van der Waals surface area (Å²) in [5, 5.41) is 10.7. The number of benzene rings is 2. The molecule has 0 spiro atoms. The SMILES string of the molecule is Cn1c(-c2ccc(O)c(C=O)c2)cc2ccccc21. The number of nitrogens with zero attached hydrogens (tertiary/aromatic N) is 1. The number of aromatic nitrogens is 1. The molecule has 0 unspecified atom stereocenters. The van der Waals surface area contributed by atoms with Gasteiger partial charge in [0.25, 0.3) is 0 Å². The number of aromatic hydroxyl groups is 1. The van der Waals surface area contributed by atoms with Crippen molar-refractivity contribution in [1.82, 2.24) is 4.57 Å². The summed E-state index contributed by atoms with van der Waals surface area (Å²) in [7, 11) is 1.99. The van der Waals surface area contributed by atoms with E-state index in [2.05, 4.69) is 22.8 Å². The van der Waals surface area contributed by atoms with Crippen molar-refractivity contribution in [3.05, 3.63) is 54.1 Å². The molecule has 3 rings (SSSR count). The van der Waals surface area contributed by atoms with E-state index in [-0.39, 0.29) is 5.75 Å². The Bertz CT molecular complexity index is 772. The predicted octanol–water partition coefficient (Wildman–Crippen LogP) is 3.36. The van der Waals surface area contributed by atoms with Crippen molar-refractivity contribution in [2.45, 2.75) is 0 Å². The normalized spacial score (nSPS) is 10.8. The van der Waals surface area contributed by atoms with Crippen LogP contribution >= 0.6 is 0 Å². The van der Waals surface area contributed by atoms with Crippen molar-refractivity contribution < 1.29 is 9.90 Å². The summed E-state index contributed by atoms with van der Waals surface area (Å²) in [6.45, 7) is 0. The third-order valence-corrected chi connectivity index (χ3v) is 3.40. The van der Waals surface area contributed by atoms with Gasteiger partial charge in [0.2, 0.25) is 0 Å². The average molecular weight is 251 g/mol. The van der Waals surface area contributed by atoms with Gasteiger partial charge in [-0.3, -0.25) is 4.79 Å². The summed E-state index contributed by atoms with van der Waals surface area (Å²) >= 11 is 0. The van der Waals surface area contributed by atoms with Crippen LogP contribution in [0.25, 0.3) is 22.2 Å². The number of aldehydes is 1. The molecule has 3 aromatic rings. The van der Waals surface area contributed by atoms with E-state index in [9.17, 15) is 9.90 Å². The van der Waals surface area contributed by atoms with E-state index < -0.39 is 0 Å². The summed E-state index contributed by atoms with van der Waals surface area (Å²) in [6, 6.07) is 15.3. The zero-order valence-electron chi connectivity index (χ0n) is 10.5. The Balaban J connectivity index is 2.24. The number of phenolic OH excluding ortho intramolecular Hbond substituents is 1. The van der Waals surface area contributed by atoms with Crippen LogP contribution in [0.5, 0.6) is 5.75 Å². The Kier molecular flexibility index (Phi) is 2.60. The largest absolute Gasteiger partial charge is 0.507 e. The summed E-state index contributed by atoms with van der Waals surface area (Å²) in [6.07, 6.45) is 0.668. The predicted molar refractivity (Wildman–Crippen MR) is 75.4 cm³/mol. The number of para-hydroxylation sites is 1. The van der Waals surface area contributed by atoms with Crippen molar-refractivity contribution in [2.24, 2.45) is 7.05 Å². The first-order valence-corrected chi connectivity index (χ1v) is 6.04. The smallest absolute Gasteiger partial charge is 0.153 e. The minimum absolute atomic E-state index is 0.0116. The first-order valence-electron chi connectivity index (χ1n) is 6.04. The molecule has 94 valence electrons. The monoisotopic (exact) mass is 251 g/mol. The van der Waals surface area contributed by atoms with Crippen molar-refractivity contribution in [3.8, 4) is 17.0 Å². The van der Waals surface area contributed by atoms with Gasteiger partial charge < -0.3 is 9.67 Å². The molecule has 1 heterocycles. The van der Waals surface area contributed by atoms with Crippen molar-refractivity contribution in [3.63, 3.8) is 0 Å². The second-order valence-electron chi connectivity index (χ2n) is 4.54. The molecule has 0 atom stereocenters. The molecule has 0 saturated heterocycles. The van der Waals surface area contributed by atoms with Crippen molar-refractivity contribution >= 4 is 17.2 Å². The van der Waals surface area contributed by atoms with Gasteiger partial charge in [0.1, 0.15) is 5.75 Å². The fourth-order valence-electron chi connectivity index (χ4n) is 2.37. The molecule has 0 radical (unpaired) electrons. The highest BCUT2D eigenvalue weighted by Gasteiger charge is 2.09. The lowest BCUT2D eigenvalue weighted by molar-refractivity contribution is 0.112. The van der Waals surface area contributed by atoms with Crippen LogP contribution in [0.4, 0.5) is 0 Å². The molecule has 19 heavy (non-hydrogen) atoms. The van der Waals surface area contributed by atoms with Gasteiger partial charge in [-0.2, -0.15) is 0 Å². The van der Waals surface area contributed by atoms with E-state index in [0.717, 1.165) is 22.2 Å². The zero-order chi connectivity index (χ0) is 13.4. The van der Waals surface area contributed by atoms with E-state index in [1.165, 1.54) is 0 Å². The number of hydrogen-bond acceptors (Lipinski definition) is 2. The third kappa shape index (κ3) is 1.80. The molecule has 1 aromatic heterocycles. The Morgan fingerprint density at radius 3 is 2.63 bits per heavy atom. The fraction of sp³-hybridized carbons (Fsp3) is 0.0625. The minimum atomic E-state index is 0.0116. The second-order valence-corrected chi connectivity index (χ2v) is 4.54. The molecule has 3 heteroatoms. The zero-order valence-corrected chi connectivity index (χ0v) is 10.5. The van der Waals surface area contributed by atoms with Crippen LogP contribution in [-0.4, -0.2) is 16.0 Å². The van der Waals surface area contributed by atoms with Crippen molar-refractivity contribution in [1.29, 1.82) is 0 Å². The molecule has 0 saturated carbocycles. The molecule has 0 aliphatic heterocycles. The van der Waals surface area contributed by atoms with E-state index in [1.54, 1.807) is 12.1 Å². The number of phenols is 1. The van der Waals surface area contributed by atoms with Gasteiger partial charge in [-0.25, -0.2) is 0 Å². The number of fused-ring (bicyclic) bond motifs is 1. The molecule has 0 fully saturated rings. The van der Waals surface area contributed by atoms with Crippen LogP contribution in [0.3, 0.4) is 0 Å². The summed E-state index contributed by atoms with van der Waals surface area (Å²) in [5.74, 6) is 0.0116. The van der Waals surface area contributed by atoms with Gasteiger partial charge in [0, 0.05) is 23.6 Å². The average Bonchev–Trinajstić information content (AvgIpc) is 2.77. The molecule has 0 bridgehead atoms. The first-order chi connectivity index (χ1) is 9.20. The van der Waals surface area contributed by atoms with Gasteiger partial charge in [-0.05, 0) is 35.9 Å². The Morgan fingerprint density at radius 2 is 1.89 bits per heavy atom. The number of carbonyl (C=O) groups is 1. The molecule has 3 nitrogen and oxygen atoms in total. The van der Waals surface area contributed by atoms with Gasteiger partial charge in [0.05, 0.1) is 5.56 Å². The lowest BCUT2D eigenvalue weighted by Crippen LogP contribution is -1.92. The van der Waals surface area contributed by atoms with Gasteiger partial charge in [-0.1, -0.05) is 18.2 Å². The maximum absolute atomic E-state index is 10.9. The van der Waals surface area contributed by atoms with Crippen LogP contribution in [0.2, 0.25) is 0 Å². The van der Waals surface area contributed by atoms with Crippen molar-refractivity contribution in [2.75, 3.05) is 0 Å². The summed E-state index contributed by atoms with van der Waals surface area (Å²) in [4.78, 5) is 10.9. The molecule has 2 aromatic carbocycles. The molecular formula is C16H13NO2. The van der Waals surface area contributed by atoms with E-state index in [0.29, 0.717) is 11.8 Å². The van der Waals surface area contributed by atoms with E-state index in [1.807, 2.05) is 25.2 Å². The topological polar surface area (TPSA) is 42.2 Å². The minimum Gasteiger partial charge on any atom is -0.507 e. The lowest BCUT2D eigenvalue weighted by atomic mass is 10.1.